The van der Waals surface area contributed by atoms with Crippen LogP contribution in [0.4, 0.5) is 5.69 Å². The fourth-order valence-electron chi connectivity index (χ4n) is 2.22. The average Bonchev–Trinajstić information content (AvgIpc) is 3.20. The number of benzene rings is 2. The van der Waals surface area contributed by atoms with Crippen molar-refractivity contribution in [2.75, 3.05) is 5.32 Å². The van der Waals surface area contributed by atoms with E-state index in [2.05, 4.69) is 10.6 Å². The van der Waals surface area contributed by atoms with E-state index in [-0.39, 0.29) is 6.54 Å². The molecule has 3 aromatic rings. The lowest BCUT2D eigenvalue weighted by molar-refractivity contribution is -0.136. The molecule has 0 spiro atoms. The number of anilines is 1. The highest BCUT2D eigenvalue weighted by Crippen LogP contribution is 2.17. The molecule has 0 aliphatic heterocycles. The Morgan fingerprint density at radius 3 is 2.35 bits per heavy atom. The summed E-state index contributed by atoms with van der Waals surface area (Å²) in [4.78, 5) is 23.7. The van der Waals surface area contributed by atoms with Crippen LogP contribution in [0.15, 0.2) is 77.4 Å². The lowest BCUT2D eigenvalue weighted by Crippen LogP contribution is -2.34. The van der Waals surface area contributed by atoms with Gasteiger partial charge in [-0.2, -0.15) is 0 Å². The smallest absolute Gasteiger partial charge is 0.313 e. The topological polar surface area (TPSA) is 80.6 Å². The van der Waals surface area contributed by atoms with Crippen LogP contribution in [0.25, 0.3) is 0 Å². The number of furan rings is 1. The van der Waals surface area contributed by atoms with E-state index < -0.39 is 11.8 Å². The summed E-state index contributed by atoms with van der Waals surface area (Å²) in [6.07, 6.45) is 1.50. The molecule has 0 saturated heterocycles. The monoisotopic (exact) mass is 350 g/mol. The van der Waals surface area contributed by atoms with E-state index in [0.717, 1.165) is 5.56 Å². The van der Waals surface area contributed by atoms with Gasteiger partial charge in [-0.05, 0) is 42.0 Å². The lowest BCUT2D eigenvalue weighted by atomic mass is 10.2. The second-order valence-electron chi connectivity index (χ2n) is 5.51. The number of hydrogen-bond donors (Lipinski definition) is 2. The summed E-state index contributed by atoms with van der Waals surface area (Å²) < 4.78 is 10.8. The lowest BCUT2D eigenvalue weighted by Gasteiger charge is -2.08. The number of nitrogens with one attached hydrogen (secondary N) is 2. The Morgan fingerprint density at radius 1 is 0.885 bits per heavy atom. The third-order valence-corrected chi connectivity index (χ3v) is 3.57. The molecule has 1 aromatic heterocycles. The van der Waals surface area contributed by atoms with Crippen molar-refractivity contribution in [3.63, 3.8) is 0 Å². The Labute approximate surface area is 150 Å². The summed E-state index contributed by atoms with van der Waals surface area (Å²) in [5.41, 5.74) is 1.58. The van der Waals surface area contributed by atoms with Gasteiger partial charge in [-0.1, -0.05) is 30.3 Å². The fraction of sp³-hybridized carbons (Fsp3) is 0.100. The molecule has 0 bridgehead atoms. The van der Waals surface area contributed by atoms with Gasteiger partial charge in [0.25, 0.3) is 0 Å². The van der Waals surface area contributed by atoms with Crippen molar-refractivity contribution in [1.29, 1.82) is 0 Å². The van der Waals surface area contributed by atoms with E-state index in [1.807, 2.05) is 30.3 Å². The zero-order chi connectivity index (χ0) is 18.2. The maximum atomic E-state index is 11.9. The van der Waals surface area contributed by atoms with Crippen molar-refractivity contribution in [2.24, 2.45) is 0 Å². The van der Waals surface area contributed by atoms with E-state index in [1.54, 1.807) is 36.4 Å². The van der Waals surface area contributed by atoms with Gasteiger partial charge in [0.1, 0.15) is 18.1 Å². The number of hydrogen-bond acceptors (Lipinski definition) is 4. The zero-order valence-corrected chi connectivity index (χ0v) is 14.0. The Balaban J connectivity index is 1.47. The predicted octanol–water partition coefficient (Wildman–Crippen LogP) is 3.11. The summed E-state index contributed by atoms with van der Waals surface area (Å²) in [6.45, 7) is 0.618. The highest BCUT2D eigenvalue weighted by Gasteiger charge is 2.13. The molecule has 2 amide bonds. The number of rotatable bonds is 6. The Morgan fingerprint density at radius 2 is 1.65 bits per heavy atom. The first-order valence-corrected chi connectivity index (χ1v) is 8.09. The van der Waals surface area contributed by atoms with E-state index in [0.29, 0.717) is 23.8 Å². The van der Waals surface area contributed by atoms with Gasteiger partial charge < -0.3 is 19.8 Å². The van der Waals surface area contributed by atoms with Crippen LogP contribution in [-0.4, -0.2) is 11.8 Å². The minimum absolute atomic E-state index is 0.158. The van der Waals surface area contributed by atoms with Crippen molar-refractivity contribution in [1.82, 2.24) is 5.32 Å². The Kier molecular flexibility index (Phi) is 5.67. The molecule has 6 nitrogen and oxygen atoms in total. The van der Waals surface area contributed by atoms with Gasteiger partial charge in [-0.25, -0.2) is 0 Å². The van der Waals surface area contributed by atoms with Gasteiger partial charge in [0.2, 0.25) is 0 Å². The van der Waals surface area contributed by atoms with Crippen LogP contribution >= 0.6 is 0 Å². The molecule has 2 aromatic carbocycles. The molecular formula is C20H18N2O4. The molecule has 6 heteroatoms. The summed E-state index contributed by atoms with van der Waals surface area (Å²) in [5.74, 6) is -0.222. The van der Waals surface area contributed by atoms with Crippen molar-refractivity contribution >= 4 is 17.5 Å². The van der Waals surface area contributed by atoms with Crippen LogP contribution in [0.3, 0.4) is 0 Å². The first-order chi connectivity index (χ1) is 12.7. The quantitative estimate of drug-likeness (QED) is 0.670. The molecule has 0 unspecified atom stereocenters. The standard InChI is InChI=1S/C20H18N2O4/c23-19(21-13-18-7-4-12-25-18)20(24)22-16-8-10-17(11-9-16)26-14-15-5-2-1-3-6-15/h1-12H,13-14H2,(H,21,23)(H,22,24). The van der Waals surface area contributed by atoms with E-state index in [1.165, 1.54) is 6.26 Å². The Hall–Kier alpha value is -3.54. The molecule has 0 atom stereocenters. The fourth-order valence-corrected chi connectivity index (χ4v) is 2.22. The highest BCUT2D eigenvalue weighted by molar-refractivity contribution is 6.39. The van der Waals surface area contributed by atoms with E-state index in [4.69, 9.17) is 9.15 Å². The molecule has 1 heterocycles. The second kappa shape index (κ2) is 8.53. The number of amides is 2. The molecular weight excluding hydrogens is 332 g/mol. The molecule has 0 aliphatic carbocycles. The van der Waals surface area contributed by atoms with Gasteiger partial charge in [-0.3, -0.25) is 9.59 Å². The Bertz CT molecular complexity index is 843. The van der Waals surface area contributed by atoms with Crippen LogP contribution in [0.2, 0.25) is 0 Å². The third-order valence-electron chi connectivity index (χ3n) is 3.57. The first-order valence-electron chi connectivity index (χ1n) is 8.09. The van der Waals surface area contributed by atoms with Gasteiger partial charge >= 0.3 is 11.8 Å². The van der Waals surface area contributed by atoms with Crippen molar-refractivity contribution in [2.45, 2.75) is 13.2 Å². The molecule has 132 valence electrons. The molecule has 3 rings (SSSR count). The third kappa shape index (κ3) is 4.98. The molecule has 0 saturated carbocycles. The van der Waals surface area contributed by atoms with Crippen molar-refractivity contribution < 1.29 is 18.7 Å². The largest absolute Gasteiger partial charge is 0.489 e. The van der Waals surface area contributed by atoms with Crippen LogP contribution in [0, 0.1) is 0 Å². The number of carbonyl (C=O) groups excluding carboxylic acids is 2. The summed E-state index contributed by atoms with van der Waals surface area (Å²) in [5, 5.41) is 5.02. The van der Waals surface area contributed by atoms with Crippen LogP contribution in [-0.2, 0) is 22.7 Å². The summed E-state index contributed by atoms with van der Waals surface area (Å²) >= 11 is 0. The minimum Gasteiger partial charge on any atom is -0.489 e. The summed E-state index contributed by atoms with van der Waals surface area (Å²) in [6, 6.07) is 20.1. The molecule has 0 aliphatic rings. The number of carbonyl (C=O) groups is 2. The normalized spacial score (nSPS) is 10.2. The maximum absolute atomic E-state index is 11.9. The van der Waals surface area contributed by atoms with Gasteiger partial charge in [-0.15, -0.1) is 0 Å². The molecule has 0 radical (unpaired) electrons. The molecule has 2 N–H and O–H groups in total. The van der Waals surface area contributed by atoms with E-state index in [9.17, 15) is 9.59 Å². The average molecular weight is 350 g/mol. The molecule has 0 fully saturated rings. The maximum Gasteiger partial charge on any atom is 0.313 e. The van der Waals surface area contributed by atoms with Gasteiger partial charge in [0.05, 0.1) is 12.8 Å². The zero-order valence-electron chi connectivity index (χ0n) is 14.0. The van der Waals surface area contributed by atoms with Crippen molar-refractivity contribution in [3.05, 3.63) is 84.3 Å². The SMILES string of the molecule is O=C(NCc1ccco1)C(=O)Nc1ccc(OCc2ccccc2)cc1. The van der Waals surface area contributed by atoms with Crippen molar-refractivity contribution in [3.8, 4) is 5.75 Å². The number of ether oxygens (including phenoxy) is 1. The van der Waals surface area contributed by atoms with Crippen LogP contribution in [0.1, 0.15) is 11.3 Å². The minimum atomic E-state index is -0.741. The highest BCUT2D eigenvalue weighted by atomic mass is 16.5. The summed E-state index contributed by atoms with van der Waals surface area (Å²) in [7, 11) is 0. The second-order valence-corrected chi connectivity index (χ2v) is 5.51. The van der Waals surface area contributed by atoms with Crippen LogP contribution in [0.5, 0.6) is 5.75 Å². The van der Waals surface area contributed by atoms with Gasteiger partial charge in [0, 0.05) is 5.69 Å². The van der Waals surface area contributed by atoms with Crippen LogP contribution < -0.4 is 15.4 Å². The van der Waals surface area contributed by atoms with Gasteiger partial charge in [0.15, 0.2) is 0 Å². The van der Waals surface area contributed by atoms with E-state index >= 15 is 0 Å². The predicted molar refractivity (Wildman–Crippen MR) is 96.4 cm³/mol. The molecule has 26 heavy (non-hydrogen) atoms. The first kappa shape index (κ1) is 17.3.